The standard InChI is InChI=1S/C14H14ClFN2O3/c1-9(4-5-10-3-2-6-21-10)17-13-7-11(15)12(16)8-14(13)18(19)20/h2-3,6-9,17H,4-5H2,1H3. The first-order valence-corrected chi connectivity index (χ1v) is 6.77. The summed E-state index contributed by atoms with van der Waals surface area (Å²) in [5.74, 6) is 0.0347. The Morgan fingerprint density at radius 1 is 1.52 bits per heavy atom. The molecular weight excluding hydrogens is 299 g/mol. The normalized spacial score (nSPS) is 12.1. The highest BCUT2D eigenvalue weighted by atomic mass is 35.5. The van der Waals surface area contributed by atoms with E-state index < -0.39 is 10.7 Å². The molecule has 1 atom stereocenters. The minimum absolute atomic E-state index is 0.0599. The number of aryl methyl sites for hydroxylation is 1. The summed E-state index contributed by atoms with van der Waals surface area (Å²) in [7, 11) is 0. The molecule has 2 aromatic rings. The number of nitro benzene ring substituents is 1. The molecule has 1 aromatic carbocycles. The maximum Gasteiger partial charge on any atom is 0.295 e. The lowest BCUT2D eigenvalue weighted by molar-refractivity contribution is -0.384. The Balaban J connectivity index is 2.07. The molecule has 7 heteroatoms. The lowest BCUT2D eigenvalue weighted by Gasteiger charge is -2.15. The van der Waals surface area contributed by atoms with E-state index in [4.69, 9.17) is 16.0 Å². The number of hydrogen-bond donors (Lipinski definition) is 1. The molecule has 21 heavy (non-hydrogen) atoms. The van der Waals surface area contributed by atoms with Gasteiger partial charge in [-0.25, -0.2) is 4.39 Å². The van der Waals surface area contributed by atoms with Crippen LogP contribution in [-0.2, 0) is 6.42 Å². The molecule has 0 bridgehead atoms. The second-order valence-electron chi connectivity index (χ2n) is 4.70. The molecule has 1 unspecified atom stereocenters. The van der Waals surface area contributed by atoms with Gasteiger partial charge in [0.05, 0.1) is 22.3 Å². The molecule has 0 saturated heterocycles. The summed E-state index contributed by atoms with van der Waals surface area (Å²) in [6.07, 6.45) is 3.00. The van der Waals surface area contributed by atoms with Crippen molar-refractivity contribution in [3.63, 3.8) is 0 Å². The van der Waals surface area contributed by atoms with Crippen LogP contribution in [0.2, 0.25) is 5.02 Å². The number of benzene rings is 1. The van der Waals surface area contributed by atoms with Gasteiger partial charge in [-0.05, 0) is 31.5 Å². The van der Waals surface area contributed by atoms with E-state index >= 15 is 0 Å². The Kier molecular flexibility index (Phi) is 4.80. The van der Waals surface area contributed by atoms with Crippen molar-refractivity contribution in [1.29, 1.82) is 0 Å². The van der Waals surface area contributed by atoms with Gasteiger partial charge in [-0.2, -0.15) is 0 Å². The fourth-order valence-corrected chi connectivity index (χ4v) is 2.12. The molecular formula is C14H14ClFN2O3. The number of halogens is 2. The number of furan rings is 1. The maximum absolute atomic E-state index is 13.3. The Morgan fingerprint density at radius 2 is 2.29 bits per heavy atom. The summed E-state index contributed by atoms with van der Waals surface area (Å²) < 4.78 is 18.5. The van der Waals surface area contributed by atoms with Crippen LogP contribution in [0.15, 0.2) is 34.9 Å². The summed E-state index contributed by atoms with van der Waals surface area (Å²) >= 11 is 5.68. The molecule has 0 spiro atoms. The third kappa shape index (κ3) is 3.95. The van der Waals surface area contributed by atoms with Crippen LogP contribution in [0.25, 0.3) is 0 Å². The SMILES string of the molecule is CC(CCc1ccco1)Nc1cc(Cl)c(F)cc1[N+](=O)[O-]. The van der Waals surface area contributed by atoms with Gasteiger partial charge < -0.3 is 9.73 Å². The average molecular weight is 313 g/mol. The first-order valence-electron chi connectivity index (χ1n) is 6.39. The second kappa shape index (κ2) is 6.58. The highest BCUT2D eigenvalue weighted by Crippen LogP contribution is 2.31. The summed E-state index contributed by atoms with van der Waals surface area (Å²) in [5.41, 5.74) is -0.125. The Morgan fingerprint density at radius 3 is 2.90 bits per heavy atom. The van der Waals surface area contributed by atoms with Crippen molar-refractivity contribution >= 4 is 23.0 Å². The predicted octanol–water partition coefficient (Wildman–Crippen LogP) is 4.41. The van der Waals surface area contributed by atoms with Gasteiger partial charge in [0.15, 0.2) is 0 Å². The van der Waals surface area contributed by atoms with Crippen molar-refractivity contribution in [3.05, 3.63) is 57.2 Å². The van der Waals surface area contributed by atoms with Crippen LogP contribution in [0, 0.1) is 15.9 Å². The van der Waals surface area contributed by atoms with E-state index in [-0.39, 0.29) is 22.4 Å². The zero-order chi connectivity index (χ0) is 15.4. The summed E-state index contributed by atoms with van der Waals surface area (Å²) in [4.78, 5) is 10.3. The molecule has 0 aliphatic carbocycles. The monoisotopic (exact) mass is 312 g/mol. The van der Waals surface area contributed by atoms with Gasteiger partial charge in [-0.15, -0.1) is 0 Å². The summed E-state index contributed by atoms with van der Waals surface area (Å²) in [6, 6.07) is 5.67. The van der Waals surface area contributed by atoms with E-state index in [1.807, 2.05) is 13.0 Å². The Hall–Kier alpha value is -2.08. The molecule has 0 amide bonds. The highest BCUT2D eigenvalue weighted by Gasteiger charge is 2.19. The van der Waals surface area contributed by atoms with Crippen LogP contribution in [-0.4, -0.2) is 11.0 Å². The molecule has 0 aliphatic heterocycles. The molecule has 2 rings (SSSR count). The highest BCUT2D eigenvalue weighted by molar-refractivity contribution is 6.31. The molecule has 112 valence electrons. The minimum Gasteiger partial charge on any atom is -0.469 e. The van der Waals surface area contributed by atoms with Crippen LogP contribution in [0.5, 0.6) is 0 Å². The molecule has 1 aromatic heterocycles. The first kappa shape index (κ1) is 15.3. The van der Waals surface area contributed by atoms with Gasteiger partial charge in [0.25, 0.3) is 5.69 Å². The predicted molar refractivity (Wildman–Crippen MR) is 78.2 cm³/mol. The third-order valence-corrected chi connectivity index (χ3v) is 3.33. The number of nitrogens with zero attached hydrogens (tertiary/aromatic N) is 1. The molecule has 0 aliphatic rings. The fourth-order valence-electron chi connectivity index (χ4n) is 1.95. The van der Waals surface area contributed by atoms with Crippen LogP contribution >= 0.6 is 11.6 Å². The van der Waals surface area contributed by atoms with Crippen LogP contribution < -0.4 is 5.32 Å². The fraction of sp³-hybridized carbons (Fsp3) is 0.286. The van der Waals surface area contributed by atoms with Crippen molar-refractivity contribution < 1.29 is 13.7 Å². The van der Waals surface area contributed by atoms with E-state index in [1.165, 1.54) is 6.07 Å². The van der Waals surface area contributed by atoms with Crippen molar-refractivity contribution in [2.24, 2.45) is 0 Å². The first-order chi connectivity index (χ1) is 9.97. The molecule has 0 radical (unpaired) electrons. The van der Waals surface area contributed by atoms with E-state index in [9.17, 15) is 14.5 Å². The quantitative estimate of drug-likeness (QED) is 0.633. The Bertz CT molecular complexity index is 631. The van der Waals surface area contributed by atoms with Crippen molar-refractivity contribution in [3.8, 4) is 0 Å². The van der Waals surface area contributed by atoms with Crippen molar-refractivity contribution in [1.82, 2.24) is 0 Å². The summed E-state index contributed by atoms with van der Waals surface area (Å²) in [6.45, 7) is 1.88. The third-order valence-electron chi connectivity index (χ3n) is 3.04. The van der Waals surface area contributed by atoms with Gasteiger partial charge in [0, 0.05) is 12.5 Å². The molecule has 0 saturated carbocycles. The molecule has 0 fully saturated rings. The number of anilines is 1. The zero-order valence-corrected chi connectivity index (χ0v) is 12.1. The van der Waals surface area contributed by atoms with Crippen molar-refractivity contribution in [2.45, 2.75) is 25.8 Å². The van der Waals surface area contributed by atoms with Crippen LogP contribution in [0.1, 0.15) is 19.1 Å². The number of rotatable bonds is 6. The van der Waals surface area contributed by atoms with Gasteiger partial charge in [-0.1, -0.05) is 11.6 Å². The maximum atomic E-state index is 13.3. The van der Waals surface area contributed by atoms with Crippen LogP contribution in [0.3, 0.4) is 0 Å². The molecule has 1 heterocycles. The molecule has 1 N–H and O–H groups in total. The minimum atomic E-state index is -0.808. The smallest absolute Gasteiger partial charge is 0.295 e. The molecule has 5 nitrogen and oxygen atoms in total. The average Bonchev–Trinajstić information content (AvgIpc) is 2.93. The van der Waals surface area contributed by atoms with Gasteiger partial charge in [-0.3, -0.25) is 10.1 Å². The number of nitrogens with one attached hydrogen (secondary N) is 1. The summed E-state index contributed by atoms with van der Waals surface area (Å²) in [5, 5.41) is 13.8. The van der Waals surface area contributed by atoms with Crippen molar-refractivity contribution in [2.75, 3.05) is 5.32 Å². The second-order valence-corrected chi connectivity index (χ2v) is 5.11. The topological polar surface area (TPSA) is 68.3 Å². The number of nitro groups is 1. The largest absolute Gasteiger partial charge is 0.469 e. The van der Waals surface area contributed by atoms with E-state index in [2.05, 4.69) is 5.32 Å². The lowest BCUT2D eigenvalue weighted by atomic mass is 10.1. The Labute approximate surface area is 125 Å². The zero-order valence-electron chi connectivity index (χ0n) is 11.3. The van der Waals surface area contributed by atoms with Gasteiger partial charge in [0.1, 0.15) is 17.3 Å². The van der Waals surface area contributed by atoms with Crippen LogP contribution in [0.4, 0.5) is 15.8 Å². The van der Waals surface area contributed by atoms with Gasteiger partial charge in [0.2, 0.25) is 0 Å². The van der Waals surface area contributed by atoms with Gasteiger partial charge >= 0.3 is 0 Å². The van der Waals surface area contributed by atoms with E-state index in [0.717, 1.165) is 11.8 Å². The lowest BCUT2D eigenvalue weighted by Crippen LogP contribution is -2.17. The number of hydrogen-bond acceptors (Lipinski definition) is 4. The van der Waals surface area contributed by atoms with E-state index in [0.29, 0.717) is 12.8 Å². The van der Waals surface area contributed by atoms with E-state index in [1.54, 1.807) is 12.3 Å².